The molecule has 0 aliphatic carbocycles. The van der Waals surface area contributed by atoms with Gasteiger partial charge in [0.05, 0.1) is 5.75 Å². The third-order valence-corrected chi connectivity index (χ3v) is 6.12. The van der Waals surface area contributed by atoms with Crippen molar-refractivity contribution in [3.05, 3.63) is 54.6 Å². The van der Waals surface area contributed by atoms with E-state index in [1.807, 2.05) is 21.6 Å². The van der Waals surface area contributed by atoms with Crippen LogP contribution in [0.2, 0.25) is 0 Å². The molecule has 3 aromatic rings. The number of rotatable bonds is 5. The fourth-order valence-corrected chi connectivity index (χ4v) is 4.81. The quantitative estimate of drug-likeness (QED) is 0.577. The van der Waals surface area contributed by atoms with E-state index in [0.717, 1.165) is 30.8 Å². The minimum atomic E-state index is -0.310. The molecule has 1 aliphatic rings. The number of hydrogen-bond donors (Lipinski definition) is 0. The van der Waals surface area contributed by atoms with Crippen molar-refractivity contribution < 1.29 is 9.18 Å². The smallest absolute Gasteiger partial charge is 0.233 e. The molecule has 8 heteroatoms. The highest BCUT2D eigenvalue weighted by atomic mass is 32.2. The summed E-state index contributed by atoms with van der Waals surface area (Å²) in [5, 5.41) is 9.27. The molecule has 1 amide bonds. The third-order valence-electron chi connectivity index (χ3n) is 5.20. The number of nitrogens with zero attached hydrogens (tertiary/aromatic N) is 5. The van der Waals surface area contributed by atoms with Gasteiger partial charge in [-0.25, -0.2) is 4.39 Å². The van der Waals surface area contributed by atoms with Crippen LogP contribution in [-0.2, 0) is 4.79 Å². The number of piperidine rings is 1. The molecule has 1 aromatic carbocycles. The van der Waals surface area contributed by atoms with Crippen LogP contribution < -0.4 is 0 Å². The molecule has 0 radical (unpaired) electrons. The number of carbonyl (C=O) groups excluding carboxylic acids is 1. The fourth-order valence-electron chi connectivity index (χ4n) is 3.96. The lowest BCUT2D eigenvalue weighted by Gasteiger charge is -2.34. The van der Waals surface area contributed by atoms with E-state index in [4.69, 9.17) is 0 Å². The predicted molar refractivity (Wildman–Crippen MR) is 115 cm³/mol. The van der Waals surface area contributed by atoms with E-state index in [-0.39, 0.29) is 17.5 Å². The highest BCUT2D eigenvalue weighted by Gasteiger charge is 2.26. The van der Waals surface area contributed by atoms with Gasteiger partial charge in [-0.3, -0.25) is 14.3 Å². The number of amides is 1. The largest absolute Gasteiger partial charge is 0.341 e. The molecule has 2 aromatic heterocycles. The second-order valence-electron chi connectivity index (χ2n) is 7.89. The summed E-state index contributed by atoms with van der Waals surface area (Å²) in [6.45, 7) is 5.98. The Morgan fingerprint density at radius 1 is 1.07 bits per heavy atom. The average molecular weight is 426 g/mol. The van der Waals surface area contributed by atoms with Crippen LogP contribution in [0.25, 0.3) is 17.1 Å². The number of aromatic nitrogens is 4. The summed E-state index contributed by atoms with van der Waals surface area (Å²) < 4.78 is 15.3. The van der Waals surface area contributed by atoms with Gasteiger partial charge < -0.3 is 4.90 Å². The first-order valence-corrected chi connectivity index (χ1v) is 11.0. The Morgan fingerprint density at radius 2 is 1.73 bits per heavy atom. The van der Waals surface area contributed by atoms with Crippen LogP contribution in [0.3, 0.4) is 0 Å². The first-order chi connectivity index (χ1) is 14.5. The second kappa shape index (κ2) is 8.95. The second-order valence-corrected chi connectivity index (χ2v) is 8.83. The lowest BCUT2D eigenvalue weighted by Crippen LogP contribution is -2.43. The molecule has 0 N–H and O–H groups in total. The summed E-state index contributed by atoms with van der Waals surface area (Å²) in [6.07, 6.45) is 4.53. The molecule has 0 bridgehead atoms. The van der Waals surface area contributed by atoms with Gasteiger partial charge in [0, 0.05) is 36.7 Å². The van der Waals surface area contributed by atoms with Crippen molar-refractivity contribution in [3.8, 4) is 17.1 Å². The minimum absolute atomic E-state index is 0.109. The number of pyridine rings is 1. The zero-order valence-corrected chi connectivity index (χ0v) is 17.8. The average Bonchev–Trinajstić information content (AvgIpc) is 3.16. The lowest BCUT2D eigenvalue weighted by atomic mass is 9.92. The maximum Gasteiger partial charge on any atom is 0.233 e. The van der Waals surface area contributed by atoms with E-state index in [2.05, 4.69) is 29.0 Å². The van der Waals surface area contributed by atoms with E-state index in [1.165, 1.54) is 23.9 Å². The molecular weight excluding hydrogens is 401 g/mol. The van der Waals surface area contributed by atoms with Gasteiger partial charge in [0.15, 0.2) is 11.0 Å². The van der Waals surface area contributed by atoms with Crippen LogP contribution in [0.1, 0.15) is 20.3 Å². The fraction of sp³-hybridized carbons (Fsp3) is 0.364. The summed E-state index contributed by atoms with van der Waals surface area (Å²) in [6, 6.07) is 9.87. The maximum absolute atomic E-state index is 13.5. The Labute approximate surface area is 179 Å². The highest BCUT2D eigenvalue weighted by molar-refractivity contribution is 7.99. The molecule has 1 fully saturated rings. The normalized spacial score (nSPS) is 19.1. The number of halogens is 1. The lowest BCUT2D eigenvalue weighted by molar-refractivity contribution is -0.130. The maximum atomic E-state index is 13.5. The topological polar surface area (TPSA) is 63.9 Å². The van der Waals surface area contributed by atoms with E-state index in [9.17, 15) is 9.18 Å². The van der Waals surface area contributed by atoms with Gasteiger partial charge in [0.25, 0.3) is 0 Å². The highest BCUT2D eigenvalue weighted by Crippen LogP contribution is 2.29. The molecule has 2 unspecified atom stereocenters. The Bertz CT molecular complexity index is 998. The van der Waals surface area contributed by atoms with E-state index >= 15 is 0 Å². The molecule has 4 rings (SSSR count). The molecule has 1 saturated heterocycles. The molecule has 0 saturated carbocycles. The first-order valence-electron chi connectivity index (χ1n) is 10.0. The summed E-state index contributed by atoms with van der Waals surface area (Å²) in [5.41, 5.74) is 1.59. The zero-order chi connectivity index (χ0) is 21.1. The summed E-state index contributed by atoms with van der Waals surface area (Å²) in [7, 11) is 0. The predicted octanol–water partition coefficient (Wildman–Crippen LogP) is 4.07. The minimum Gasteiger partial charge on any atom is -0.341 e. The molecule has 0 spiro atoms. The molecule has 30 heavy (non-hydrogen) atoms. The van der Waals surface area contributed by atoms with Crippen LogP contribution in [0.5, 0.6) is 0 Å². The van der Waals surface area contributed by atoms with Crippen molar-refractivity contribution >= 4 is 17.7 Å². The molecule has 1 aliphatic heterocycles. The molecule has 156 valence electrons. The van der Waals surface area contributed by atoms with Crippen LogP contribution in [-0.4, -0.2) is 49.4 Å². The zero-order valence-electron chi connectivity index (χ0n) is 17.0. The van der Waals surface area contributed by atoms with E-state index in [1.54, 1.807) is 24.5 Å². The third kappa shape index (κ3) is 4.53. The van der Waals surface area contributed by atoms with Crippen molar-refractivity contribution in [3.63, 3.8) is 0 Å². The standard InChI is InChI=1S/C22H24FN5OS/c1-15-11-16(2)13-27(12-15)20(29)14-30-22-26-25-21(17-7-9-24-10-8-17)28(22)19-5-3-18(23)4-6-19/h3-10,15-16H,11-14H2,1-2H3. The van der Waals surface area contributed by atoms with Gasteiger partial charge in [0.1, 0.15) is 5.82 Å². The monoisotopic (exact) mass is 425 g/mol. The number of carbonyl (C=O) groups is 1. The van der Waals surface area contributed by atoms with Crippen molar-refractivity contribution in [1.82, 2.24) is 24.6 Å². The molecular formula is C22H24FN5OS. The first kappa shape index (κ1) is 20.5. The molecule has 3 heterocycles. The van der Waals surface area contributed by atoms with Crippen molar-refractivity contribution in [2.45, 2.75) is 25.4 Å². The van der Waals surface area contributed by atoms with Crippen LogP contribution in [0.15, 0.2) is 53.9 Å². The van der Waals surface area contributed by atoms with Crippen LogP contribution >= 0.6 is 11.8 Å². The van der Waals surface area contributed by atoms with Crippen LogP contribution in [0.4, 0.5) is 4.39 Å². The van der Waals surface area contributed by atoms with Crippen molar-refractivity contribution in [2.24, 2.45) is 11.8 Å². The van der Waals surface area contributed by atoms with Crippen LogP contribution in [0, 0.1) is 17.7 Å². The van der Waals surface area contributed by atoms with Gasteiger partial charge in [-0.1, -0.05) is 25.6 Å². The van der Waals surface area contributed by atoms with Gasteiger partial charge in [-0.2, -0.15) is 0 Å². The summed E-state index contributed by atoms with van der Waals surface area (Å²) in [5.74, 6) is 1.74. The number of benzene rings is 1. The Kier molecular flexibility index (Phi) is 6.13. The Hall–Kier alpha value is -2.74. The Balaban J connectivity index is 1.59. The number of thioether (sulfide) groups is 1. The van der Waals surface area contributed by atoms with Crippen molar-refractivity contribution in [2.75, 3.05) is 18.8 Å². The SMILES string of the molecule is CC1CC(C)CN(C(=O)CSc2nnc(-c3ccncc3)n2-c2ccc(F)cc2)C1. The van der Waals surface area contributed by atoms with Gasteiger partial charge in [-0.15, -0.1) is 10.2 Å². The van der Waals surface area contributed by atoms with E-state index < -0.39 is 0 Å². The van der Waals surface area contributed by atoms with Gasteiger partial charge in [-0.05, 0) is 54.7 Å². The summed E-state index contributed by atoms with van der Waals surface area (Å²) >= 11 is 1.35. The van der Waals surface area contributed by atoms with Gasteiger partial charge >= 0.3 is 0 Å². The number of hydrogen-bond acceptors (Lipinski definition) is 5. The number of likely N-dealkylation sites (tertiary alicyclic amines) is 1. The molecule has 2 atom stereocenters. The van der Waals surface area contributed by atoms with E-state index in [0.29, 0.717) is 22.8 Å². The summed E-state index contributed by atoms with van der Waals surface area (Å²) in [4.78, 5) is 18.8. The Morgan fingerprint density at radius 3 is 2.40 bits per heavy atom. The van der Waals surface area contributed by atoms with Crippen molar-refractivity contribution in [1.29, 1.82) is 0 Å². The van der Waals surface area contributed by atoms with Gasteiger partial charge in [0.2, 0.25) is 5.91 Å². The molecule has 6 nitrogen and oxygen atoms in total.